The van der Waals surface area contributed by atoms with Gasteiger partial charge >= 0.3 is 0 Å². The van der Waals surface area contributed by atoms with Gasteiger partial charge in [-0.15, -0.1) is 0 Å². The molecule has 0 saturated carbocycles. The Balaban J connectivity index is 1.39. The SMILES string of the molecule is COc1cc(Nc2nc(NCc3ccccc3)c3[nH]cnc3n2)ccc1N1CCOCC1. The normalized spacial score (nSPS) is 13.8. The van der Waals surface area contributed by atoms with E-state index >= 15 is 0 Å². The molecule has 0 atom stereocenters. The lowest BCUT2D eigenvalue weighted by atomic mass is 10.2. The number of imidazole rings is 1. The Bertz CT molecular complexity index is 1190. The summed E-state index contributed by atoms with van der Waals surface area (Å²) in [5, 5.41) is 6.68. The van der Waals surface area contributed by atoms with E-state index in [1.807, 2.05) is 36.4 Å². The Kier molecular flexibility index (Phi) is 5.71. The summed E-state index contributed by atoms with van der Waals surface area (Å²) in [6, 6.07) is 16.2. The summed E-state index contributed by atoms with van der Waals surface area (Å²) in [5.74, 6) is 1.94. The molecule has 0 unspecified atom stereocenters. The van der Waals surface area contributed by atoms with Gasteiger partial charge in [-0.3, -0.25) is 0 Å². The minimum absolute atomic E-state index is 0.460. The molecule has 3 N–H and O–H groups in total. The number of hydrogen-bond acceptors (Lipinski definition) is 8. The second kappa shape index (κ2) is 9.11. The number of hydrogen-bond donors (Lipinski definition) is 3. The van der Waals surface area contributed by atoms with Crippen LogP contribution in [-0.4, -0.2) is 53.3 Å². The molecule has 2 aromatic heterocycles. The van der Waals surface area contributed by atoms with Crippen LogP contribution in [0.4, 0.5) is 23.1 Å². The summed E-state index contributed by atoms with van der Waals surface area (Å²) in [7, 11) is 1.68. The van der Waals surface area contributed by atoms with E-state index in [-0.39, 0.29) is 0 Å². The number of ether oxygens (including phenoxy) is 2. The van der Waals surface area contributed by atoms with E-state index in [0.717, 1.165) is 54.5 Å². The van der Waals surface area contributed by atoms with Crippen molar-refractivity contribution < 1.29 is 9.47 Å². The van der Waals surface area contributed by atoms with Gasteiger partial charge in [0.05, 0.1) is 32.3 Å². The fourth-order valence-electron chi connectivity index (χ4n) is 3.75. The van der Waals surface area contributed by atoms with Crippen molar-refractivity contribution in [3.05, 3.63) is 60.4 Å². The summed E-state index contributed by atoms with van der Waals surface area (Å²) in [5.41, 5.74) is 4.41. The van der Waals surface area contributed by atoms with Crippen LogP contribution < -0.4 is 20.3 Å². The fraction of sp³-hybridized carbons (Fsp3) is 0.261. The molecule has 5 rings (SSSR count). The van der Waals surface area contributed by atoms with Gasteiger partial charge in [0, 0.05) is 31.4 Å². The molecule has 1 fully saturated rings. The first-order valence-electron chi connectivity index (χ1n) is 10.6. The monoisotopic (exact) mass is 431 g/mol. The molecule has 164 valence electrons. The summed E-state index contributed by atoms with van der Waals surface area (Å²) >= 11 is 0. The lowest BCUT2D eigenvalue weighted by Crippen LogP contribution is -2.36. The van der Waals surface area contributed by atoms with Crippen LogP contribution in [0.3, 0.4) is 0 Å². The summed E-state index contributed by atoms with van der Waals surface area (Å²) in [6.45, 7) is 3.78. The topological polar surface area (TPSA) is 100 Å². The molecule has 0 aliphatic carbocycles. The molecule has 9 nitrogen and oxygen atoms in total. The van der Waals surface area contributed by atoms with Crippen LogP contribution in [0, 0.1) is 0 Å². The zero-order chi connectivity index (χ0) is 21.8. The van der Waals surface area contributed by atoms with Gasteiger partial charge in [-0.2, -0.15) is 9.97 Å². The molecular formula is C23H25N7O2. The third-order valence-electron chi connectivity index (χ3n) is 5.38. The van der Waals surface area contributed by atoms with E-state index in [9.17, 15) is 0 Å². The number of aromatic amines is 1. The van der Waals surface area contributed by atoms with Crippen molar-refractivity contribution in [2.45, 2.75) is 6.54 Å². The maximum absolute atomic E-state index is 5.65. The fourth-order valence-corrected chi connectivity index (χ4v) is 3.75. The maximum Gasteiger partial charge on any atom is 0.231 e. The number of rotatable bonds is 7. The van der Waals surface area contributed by atoms with Gasteiger partial charge in [0.15, 0.2) is 11.5 Å². The quantitative estimate of drug-likeness (QED) is 0.408. The minimum atomic E-state index is 0.460. The van der Waals surface area contributed by atoms with Crippen LogP contribution in [0.1, 0.15) is 5.56 Å². The highest BCUT2D eigenvalue weighted by Gasteiger charge is 2.16. The average molecular weight is 432 g/mol. The third kappa shape index (κ3) is 4.28. The number of H-pyrrole nitrogens is 1. The van der Waals surface area contributed by atoms with Crippen molar-refractivity contribution in [3.8, 4) is 5.75 Å². The average Bonchev–Trinajstić information content (AvgIpc) is 3.32. The minimum Gasteiger partial charge on any atom is -0.495 e. The Hall–Kier alpha value is -3.85. The highest BCUT2D eigenvalue weighted by Crippen LogP contribution is 2.33. The Morgan fingerprint density at radius 2 is 1.94 bits per heavy atom. The molecule has 32 heavy (non-hydrogen) atoms. The molecule has 0 amide bonds. The second-order valence-electron chi connectivity index (χ2n) is 7.45. The molecule has 1 aliphatic rings. The number of aromatic nitrogens is 4. The van der Waals surface area contributed by atoms with E-state index in [1.165, 1.54) is 0 Å². The van der Waals surface area contributed by atoms with E-state index in [4.69, 9.17) is 9.47 Å². The third-order valence-corrected chi connectivity index (χ3v) is 5.38. The first kappa shape index (κ1) is 20.1. The van der Waals surface area contributed by atoms with Gasteiger partial charge in [0.25, 0.3) is 0 Å². The van der Waals surface area contributed by atoms with Crippen molar-refractivity contribution in [3.63, 3.8) is 0 Å². The van der Waals surface area contributed by atoms with E-state index in [2.05, 4.69) is 47.6 Å². The van der Waals surface area contributed by atoms with Gasteiger partial charge in [0.1, 0.15) is 11.3 Å². The molecule has 2 aromatic carbocycles. The lowest BCUT2D eigenvalue weighted by Gasteiger charge is -2.30. The molecule has 9 heteroatoms. The number of morpholine rings is 1. The molecule has 1 saturated heterocycles. The molecule has 0 bridgehead atoms. The van der Waals surface area contributed by atoms with Gasteiger partial charge in [-0.05, 0) is 17.7 Å². The first-order valence-corrected chi connectivity index (χ1v) is 10.6. The zero-order valence-electron chi connectivity index (χ0n) is 17.8. The molecule has 4 aromatic rings. The molecule has 3 heterocycles. The number of methoxy groups -OCH3 is 1. The van der Waals surface area contributed by atoms with E-state index < -0.39 is 0 Å². The smallest absolute Gasteiger partial charge is 0.231 e. The predicted molar refractivity (Wildman–Crippen MR) is 125 cm³/mol. The van der Waals surface area contributed by atoms with Crippen molar-refractivity contribution in [2.24, 2.45) is 0 Å². The van der Waals surface area contributed by atoms with Crippen LogP contribution in [0.5, 0.6) is 5.75 Å². The van der Waals surface area contributed by atoms with Crippen LogP contribution in [0.2, 0.25) is 0 Å². The number of benzene rings is 2. The predicted octanol–water partition coefficient (Wildman–Crippen LogP) is 3.55. The summed E-state index contributed by atoms with van der Waals surface area (Å²) in [6.07, 6.45) is 1.62. The van der Waals surface area contributed by atoms with Crippen LogP contribution in [0.25, 0.3) is 11.2 Å². The maximum atomic E-state index is 5.65. The Morgan fingerprint density at radius 3 is 2.75 bits per heavy atom. The molecular weight excluding hydrogens is 406 g/mol. The Morgan fingerprint density at radius 1 is 1.09 bits per heavy atom. The van der Waals surface area contributed by atoms with Gasteiger partial charge in [-0.1, -0.05) is 30.3 Å². The summed E-state index contributed by atoms with van der Waals surface area (Å²) < 4.78 is 11.1. The van der Waals surface area contributed by atoms with Gasteiger partial charge in [-0.25, -0.2) is 4.98 Å². The molecule has 0 radical (unpaired) electrons. The van der Waals surface area contributed by atoms with Crippen LogP contribution >= 0.6 is 0 Å². The standard InChI is InChI=1S/C23H25N7O2/c1-31-19-13-17(7-8-18(19)30-9-11-32-12-10-30)27-23-28-21(20-22(29-23)26-15-25-20)24-14-16-5-3-2-4-6-16/h2-8,13,15H,9-12,14H2,1H3,(H3,24,25,26,27,28,29). The van der Waals surface area contributed by atoms with Crippen molar-refractivity contribution >= 4 is 34.3 Å². The van der Waals surface area contributed by atoms with Gasteiger partial charge < -0.3 is 30.0 Å². The first-order chi connectivity index (χ1) is 15.8. The van der Waals surface area contributed by atoms with E-state index in [1.54, 1.807) is 13.4 Å². The van der Waals surface area contributed by atoms with Crippen molar-refractivity contribution in [2.75, 3.05) is 48.9 Å². The highest BCUT2D eigenvalue weighted by atomic mass is 16.5. The van der Waals surface area contributed by atoms with Crippen molar-refractivity contribution in [1.82, 2.24) is 19.9 Å². The number of nitrogens with zero attached hydrogens (tertiary/aromatic N) is 4. The lowest BCUT2D eigenvalue weighted by molar-refractivity contribution is 0.122. The molecule has 0 spiro atoms. The zero-order valence-corrected chi connectivity index (χ0v) is 17.8. The number of nitrogens with one attached hydrogen (secondary N) is 3. The number of anilines is 4. The second-order valence-corrected chi connectivity index (χ2v) is 7.45. The largest absolute Gasteiger partial charge is 0.495 e. The van der Waals surface area contributed by atoms with Crippen molar-refractivity contribution in [1.29, 1.82) is 0 Å². The van der Waals surface area contributed by atoms with Crippen LogP contribution in [-0.2, 0) is 11.3 Å². The van der Waals surface area contributed by atoms with E-state index in [0.29, 0.717) is 24.0 Å². The van der Waals surface area contributed by atoms with Crippen LogP contribution in [0.15, 0.2) is 54.9 Å². The highest BCUT2D eigenvalue weighted by molar-refractivity contribution is 5.84. The van der Waals surface area contributed by atoms with Gasteiger partial charge in [0.2, 0.25) is 5.95 Å². The number of fused-ring (bicyclic) bond motifs is 1. The summed E-state index contributed by atoms with van der Waals surface area (Å²) in [4.78, 5) is 18.9. The Labute approximate surface area is 185 Å². The molecule has 1 aliphatic heterocycles.